The number of aromatic nitrogens is 4. The summed E-state index contributed by atoms with van der Waals surface area (Å²) in [7, 11) is 3.24. The topological polar surface area (TPSA) is 116 Å². The molecule has 4 N–H and O–H groups in total. The average molecular weight is 393 g/mol. The number of aliphatic hydroxyl groups excluding tert-OH is 2. The van der Waals surface area contributed by atoms with Gasteiger partial charge in [0.2, 0.25) is 0 Å². The van der Waals surface area contributed by atoms with E-state index < -0.39 is 24.0 Å². The predicted molar refractivity (Wildman–Crippen MR) is 107 cm³/mol. The summed E-state index contributed by atoms with van der Waals surface area (Å²) >= 11 is 0. The van der Waals surface area contributed by atoms with Gasteiger partial charge in [0.05, 0.1) is 12.2 Å². The normalized spacial score (nSPS) is 25.8. The third-order valence-electron chi connectivity index (χ3n) is 5.81. The second kappa shape index (κ2) is 6.22. The smallest absolute Gasteiger partial charge is 0.270 e. The molecule has 28 heavy (non-hydrogen) atoms. The highest BCUT2D eigenvalue weighted by molar-refractivity contribution is 5.41. The summed E-state index contributed by atoms with van der Waals surface area (Å²) in [4.78, 5) is 25.5. The molecular weight excluding hydrogens is 360 g/mol. The van der Waals surface area contributed by atoms with Gasteiger partial charge >= 0.3 is 0 Å². The molecule has 0 saturated heterocycles. The zero-order valence-electron chi connectivity index (χ0n) is 17.9. The van der Waals surface area contributed by atoms with Gasteiger partial charge in [-0.3, -0.25) is 29.2 Å². The van der Waals surface area contributed by atoms with E-state index in [1.54, 1.807) is 14.1 Å². The summed E-state index contributed by atoms with van der Waals surface area (Å²) in [6, 6.07) is 0. The molecule has 0 radical (unpaired) electrons. The Morgan fingerprint density at radius 1 is 0.714 bits per heavy atom. The molecule has 1 aliphatic rings. The van der Waals surface area contributed by atoms with Gasteiger partial charge < -0.3 is 10.2 Å². The first-order valence-electron chi connectivity index (χ1n) is 9.62. The lowest BCUT2D eigenvalue weighted by Gasteiger charge is -2.46. The summed E-state index contributed by atoms with van der Waals surface area (Å²) in [5.74, 6) is -1.48. The molecule has 0 aromatic carbocycles. The number of H-pyrrole nitrogens is 2. The Labute approximate surface area is 164 Å². The fourth-order valence-corrected chi connectivity index (χ4v) is 4.28. The number of aryl methyl sites for hydroxylation is 2. The molecule has 156 valence electrons. The molecule has 0 aliphatic heterocycles. The molecule has 0 bridgehead atoms. The zero-order chi connectivity index (χ0) is 21.3. The van der Waals surface area contributed by atoms with Crippen molar-refractivity contribution in [1.29, 1.82) is 0 Å². The Balaban J connectivity index is 2.10. The van der Waals surface area contributed by atoms with Crippen molar-refractivity contribution in [3.8, 4) is 0 Å². The molecule has 8 nitrogen and oxygen atoms in total. The van der Waals surface area contributed by atoms with Gasteiger partial charge in [0.15, 0.2) is 0 Å². The van der Waals surface area contributed by atoms with Crippen molar-refractivity contribution in [2.45, 2.75) is 76.4 Å². The number of nitrogens with one attached hydrogen (secondary N) is 2. The molecule has 0 unspecified atom stereocenters. The second-order valence-corrected chi connectivity index (χ2v) is 10.1. The standard InChI is InChI=1S/C20H32N4O4/c1-19(2,3)15-11(17(27)23(7)21-15)9-13(25)10(14(9)26)12-16(20(4,5)6)22-24(8)18(12)28/h9-10,13-14,21-22,25-26H,1-8H3. The third-order valence-corrected chi connectivity index (χ3v) is 5.81. The van der Waals surface area contributed by atoms with Crippen LogP contribution in [0.5, 0.6) is 0 Å². The number of aliphatic hydroxyl groups is 2. The number of hydrogen-bond acceptors (Lipinski definition) is 4. The zero-order valence-corrected chi connectivity index (χ0v) is 17.9. The van der Waals surface area contributed by atoms with Crippen LogP contribution in [0.15, 0.2) is 9.59 Å². The molecule has 0 amide bonds. The Bertz CT molecular complexity index is 919. The fraction of sp³-hybridized carbons (Fsp3) is 0.700. The van der Waals surface area contributed by atoms with Crippen molar-refractivity contribution in [2.24, 2.45) is 14.1 Å². The Morgan fingerprint density at radius 2 is 1.00 bits per heavy atom. The summed E-state index contributed by atoms with van der Waals surface area (Å²) in [5.41, 5.74) is 0.947. The summed E-state index contributed by atoms with van der Waals surface area (Å²) in [5, 5.41) is 28.1. The van der Waals surface area contributed by atoms with Gasteiger partial charge in [-0.2, -0.15) is 0 Å². The highest BCUT2D eigenvalue weighted by Gasteiger charge is 2.55. The van der Waals surface area contributed by atoms with Gasteiger partial charge in [0.25, 0.3) is 11.1 Å². The second-order valence-electron chi connectivity index (χ2n) is 10.1. The summed E-state index contributed by atoms with van der Waals surface area (Å²) in [6.07, 6.45) is -2.05. The summed E-state index contributed by atoms with van der Waals surface area (Å²) in [6.45, 7) is 11.8. The van der Waals surface area contributed by atoms with E-state index in [0.29, 0.717) is 22.5 Å². The highest BCUT2D eigenvalue weighted by atomic mass is 16.3. The van der Waals surface area contributed by atoms with E-state index in [1.807, 2.05) is 41.5 Å². The molecule has 3 rings (SSSR count). The van der Waals surface area contributed by atoms with Crippen LogP contribution >= 0.6 is 0 Å². The first-order valence-corrected chi connectivity index (χ1v) is 9.62. The monoisotopic (exact) mass is 392 g/mol. The highest BCUT2D eigenvalue weighted by Crippen LogP contribution is 2.49. The van der Waals surface area contributed by atoms with Crippen LogP contribution in [0.1, 0.15) is 75.9 Å². The molecular formula is C20H32N4O4. The van der Waals surface area contributed by atoms with Gasteiger partial charge in [-0.1, -0.05) is 41.5 Å². The van der Waals surface area contributed by atoms with Crippen molar-refractivity contribution < 1.29 is 10.2 Å². The quantitative estimate of drug-likeness (QED) is 0.609. The van der Waals surface area contributed by atoms with E-state index in [0.717, 1.165) is 0 Å². The van der Waals surface area contributed by atoms with Gasteiger partial charge in [0.1, 0.15) is 0 Å². The van der Waals surface area contributed by atoms with Crippen molar-refractivity contribution >= 4 is 0 Å². The molecule has 8 heteroatoms. The number of aromatic amines is 2. The fourth-order valence-electron chi connectivity index (χ4n) is 4.28. The predicted octanol–water partition coefficient (Wildman–Crippen LogP) is 0.938. The maximum atomic E-state index is 12.7. The first-order chi connectivity index (χ1) is 12.7. The average Bonchev–Trinajstić information content (AvgIpc) is 3.00. The van der Waals surface area contributed by atoms with Crippen LogP contribution in [0.2, 0.25) is 0 Å². The minimum Gasteiger partial charge on any atom is -0.392 e. The lowest BCUT2D eigenvalue weighted by Crippen LogP contribution is -2.55. The molecule has 1 fully saturated rings. The summed E-state index contributed by atoms with van der Waals surface area (Å²) < 4.78 is 2.75. The van der Waals surface area contributed by atoms with Crippen LogP contribution in [0.3, 0.4) is 0 Å². The van der Waals surface area contributed by atoms with E-state index in [4.69, 9.17) is 0 Å². The van der Waals surface area contributed by atoms with E-state index in [-0.39, 0.29) is 21.9 Å². The first kappa shape index (κ1) is 20.7. The minimum absolute atomic E-state index is 0.260. The van der Waals surface area contributed by atoms with E-state index >= 15 is 0 Å². The molecule has 1 aliphatic carbocycles. The van der Waals surface area contributed by atoms with Gasteiger partial charge in [-0.15, -0.1) is 0 Å². The van der Waals surface area contributed by atoms with Crippen molar-refractivity contribution in [1.82, 2.24) is 19.6 Å². The maximum Gasteiger partial charge on any atom is 0.270 e. The van der Waals surface area contributed by atoms with Crippen molar-refractivity contribution in [3.05, 3.63) is 43.2 Å². The van der Waals surface area contributed by atoms with Crippen LogP contribution in [0.25, 0.3) is 0 Å². The van der Waals surface area contributed by atoms with Gasteiger partial charge in [-0.25, -0.2) is 0 Å². The van der Waals surface area contributed by atoms with Crippen LogP contribution in [-0.2, 0) is 24.9 Å². The van der Waals surface area contributed by atoms with E-state index in [1.165, 1.54) is 9.36 Å². The van der Waals surface area contributed by atoms with Crippen molar-refractivity contribution in [2.75, 3.05) is 0 Å². The van der Waals surface area contributed by atoms with Gasteiger partial charge in [-0.05, 0) is 0 Å². The lowest BCUT2D eigenvalue weighted by molar-refractivity contribution is -0.0801. The Hall–Kier alpha value is -2.06. The van der Waals surface area contributed by atoms with Crippen LogP contribution in [0, 0.1) is 0 Å². The molecule has 2 aromatic rings. The molecule has 2 aromatic heterocycles. The van der Waals surface area contributed by atoms with E-state index in [9.17, 15) is 19.8 Å². The number of hydrogen-bond donors (Lipinski definition) is 4. The Kier molecular flexibility index (Phi) is 4.59. The third kappa shape index (κ3) is 2.90. The largest absolute Gasteiger partial charge is 0.392 e. The Morgan fingerprint density at radius 3 is 1.25 bits per heavy atom. The number of rotatable bonds is 2. The lowest BCUT2D eigenvalue weighted by atomic mass is 9.61. The maximum absolute atomic E-state index is 12.7. The molecule has 2 heterocycles. The number of nitrogens with zero attached hydrogens (tertiary/aromatic N) is 2. The SMILES string of the molecule is Cn1[nH]c(C(C)(C)C)c(C2C(O)C(c3c(C(C)(C)C)[nH]n(C)c3=O)C2O)c1=O. The van der Waals surface area contributed by atoms with Crippen LogP contribution in [0.4, 0.5) is 0 Å². The molecule has 1 saturated carbocycles. The molecule has 0 spiro atoms. The van der Waals surface area contributed by atoms with Gasteiger partial charge in [0, 0.05) is 59.3 Å². The minimum atomic E-state index is -1.02. The van der Waals surface area contributed by atoms with Crippen molar-refractivity contribution in [3.63, 3.8) is 0 Å². The van der Waals surface area contributed by atoms with Crippen LogP contribution < -0.4 is 11.1 Å². The van der Waals surface area contributed by atoms with Crippen LogP contribution in [-0.4, -0.2) is 42.0 Å². The van der Waals surface area contributed by atoms with E-state index in [2.05, 4.69) is 10.2 Å². The molecule has 0 atom stereocenters.